The fourth-order valence-electron chi connectivity index (χ4n) is 7.62. The number of carbonyl (C=O) groups is 4. The van der Waals surface area contributed by atoms with Crippen molar-refractivity contribution in [1.29, 1.82) is 0 Å². The Kier molecular flexibility index (Phi) is 6.58. The van der Waals surface area contributed by atoms with Crippen LogP contribution in [0.2, 0.25) is 0 Å². The van der Waals surface area contributed by atoms with E-state index < -0.39 is 29.8 Å². The number of fused-ring (bicyclic) bond motifs is 9. The number of ether oxygens (including phenoxy) is 1. The van der Waals surface area contributed by atoms with Gasteiger partial charge >= 0.3 is 10.8 Å². The van der Waals surface area contributed by atoms with Gasteiger partial charge in [-0.2, -0.15) is 0 Å². The molecule has 8 unspecified atom stereocenters. The second-order valence-corrected chi connectivity index (χ2v) is 13.5. The van der Waals surface area contributed by atoms with Gasteiger partial charge in [0.1, 0.15) is 6.04 Å². The van der Waals surface area contributed by atoms with Gasteiger partial charge in [-0.25, -0.2) is 4.79 Å². The van der Waals surface area contributed by atoms with Crippen LogP contribution in [0.3, 0.4) is 0 Å². The Bertz CT molecular complexity index is 1650. The first kappa shape index (κ1) is 27.1. The molecular formula is C30H28N4O6S2. The second-order valence-electron chi connectivity index (χ2n) is 11.3. The van der Waals surface area contributed by atoms with Gasteiger partial charge in [0, 0.05) is 34.1 Å². The highest BCUT2D eigenvalue weighted by Gasteiger charge is 2.70. The molecule has 4 heterocycles. The molecule has 1 saturated heterocycles. The number of carbonyl (C=O) groups excluding carboxylic acids is 4. The van der Waals surface area contributed by atoms with Gasteiger partial charge in [0.05, 0.1) is 29.0 Å². The Balaban J connectivity index is 1.14. The van der Waals surface area contributed by atoms with Crippen molar-refractivity contribution in [2.24, 2.45) is 29.6 Å². The van der Waals surface area contributed by atoms with Gasteiger partial charge in [-0.15, -0.1) is 11.8 Å². The average molecular weight is 605 g/mol. The number of hydrogen-bond donors (Lipinski definition) is 2. The molecule has 2 aliphatic heterocycles. The zero-order chi connectivity index (χ0) is 29.3. The van der Waals surface area contributed by atoms with Crippen molar-refractivity contribution in [2.75, 3.05) is 11.9 Å². The molecule has 0 radical (unpaired) electrons. The van der Waals surface area contributed by atoms with Crippen molar-refractivity contribution < 1.29 is 23.9 Å². The van der Waals surface area contributed by atoms with Crippen LogP contribution in [0.15, 0.2) is 58.6 Å². The number of thioether (sulfide) groups is 1. The number of nitrogens with zero attached hydrogens (tertiary/aromatic N) is 2. The Morgan fingerprint density at radius 1 is 1.12 bits per heavy atom. The van der Waals surface area contributed by atoms with E-state index in [4.69, 9.17) is 4.74 Å². The first-order valence-corrected chi connectivity index (χ1v) is 15.7. The molecule has 0 spiro atoms. The van der Waals surface area contributed by atoms with E-state index in [1.54, 1.807) is 56.1 Å². The summed E-state index contributed by atoms with van der Waals surface area (Å²) in [5, 5.41) is 3.69. The number of thiazole rings is 1. The van der Waals surface area contributed by atoms with Crippen LogP contribution < -0.4 is 10.2 Å². The molecule has 3 amide bonds. The number of H-pyrrole nitrogens is 1. The van der Waals surface area contributed by atoms with Gasteiger partial charge in [-0.3, -0.25) is 29.1 Å². The van der Waals surface area contributed by atoms with Crippen molar-refractivity contribution >= 4 is 52.5 Å². The summed E-state index contributed by atoms with van der Waals surface area (Å²) >= 11 is 2.84. The second kappa shape index (κ2) is 10.2. The van der Waals surface area contributed by atoms with E-state index in [0.29, 0.717) is 11.3 Å². The van der Waals surface area contributed by atoms with Crippen LogP contribution in [-0.2, 0) is 19.1 Å². The van der Waals surface area contributed by atoms with Crippen molar-refractivity contribution in [3.8, 4) is 0 Å². The molecule has 10 nitrogen and oxygen atoms in total. The van der Waals surface area contributed by atoms with Crippen LogP contribution in [0.25, 0.3) is 0 Å². The summed E-state index contributed by atoms with van der Waals surface area (Å²) < 4.78 is 4.99. The molecule has 8 atom stereocenters. The zero-order valence-electron chi connectivity index (χ0n) is 22.8. The Morgan fingerprint density at radius 2 is 1.86 bits per heavy atom. The SMILES string of the molecule is CCOC(=O)c1ccc(NC(=O)C(C)N2C(=O)C3C4CC(C3C2=O)C2C(c3cccnc3)c3sc(=O)[nH]c3SC42)cc1. The molecule has 2 N–H and O–H groups in total. The topological polar surface area (TPSA) is 139 Å². The van der Waals surface area contributed by atoms with Gasteiger partial charge in [0.25, 0.3) is 0 Å². The highest BCUT2D eigenvalue weighted by atomic mass is 32.2. The van der Waals surface area contributed by atoms with Crippen molar-refractivity contribution in [3.63, 3.8) is 0 Å². The van der Waals surface area contributed by atoms with Crippen molar-refractivity contribution in [2.45, 2.75) is 42.5 Å². The molecule has 2 aliphatic carbocycles. The highest BCUT2D eigenvalue weighted by Crippen LogP contribution is 2.68. The molecule has 216 valence electrons. The molecule has 3 fully saturated rings. The minimum atomic E-state index is -0.999. The number of rotatable bonds is 6. The molecular weight excluding hydrogens is 576 g/mol. The molecule has 4 aliphatic rings. The molecule has 12 heteroatoms. The van der Waals surface area contributed by atoms with Gasteiger partial charge in [-0.1, -0.05) is 17.4 Å². The van der Waals surface area contributed by atoms with Crippen LogP contribution in [0.1, 0.15) is 47.0 Å². The smallest absolute Gasteiger partial charge is 0.338 e. The van der Waals surface area contributed by atoms with E-state index in [-0.39, 0.29) is 52.2 Å². The Hall–Kier alpha value is -3.77. The molecule has 2 aromatic heterocycles. The number of aromatic nitrogens is 2. The fraction of sp³-hybridized carbons (Fsp3) is 0.400. The third kappa shape index (κ3) is 4.06. The fourth-order valence-corrected chi connectivity index (χ4v) is 10.5. The number of aromatic amines is 1. The Labute approximate surface area is 249 Å². The number of benzene rings is 1. The van der Waals surface area contributed by atoms with Gasteiger partial charge in [-0.05, 0) is 73.9 Å². The molecule has 3 aromatic rings. The van der Waals surface area contributed by atoms with E-state index in [0.717, 1.165) is 26.8 Å². The van der Waals surface area contributed by atoms with E-state index >= 15 is 0 Å². The summed E-state index contributed by atoms with van der Waals surface area (Å²) in [4.78, 5) is 74.7. The number of pyridine rings is 1. The summed E-state index contributed by atoms with van der Waals surface area (Å²) in [6.07, 6.45) is 4.31. The maximum absolute atomic E-state index is 13.9. The van der Waals surface area contributed by atoms with Crippen LogP contribution in [0, 0.1) is 29.6 Å². The van der Waals surface area contributed by atoms with E-state index in [1.807, 2.05) is 18.3 Å². The minimum Gasteiger partial charge on any atom is -0.462 e. The molecule has 1 aromatic carbocycles. The quantitative estimate of drug-likeness (QED) is 0.322. The van der Waals surface area contributed by atoms with Crippen LogP contribution in [-0.4, -0.2) is 56.5 Å². The van der Waals surface area contributed by atoms with Crippen LogP contribution in [0.5, 0.6) is 0 Å². The predicted molar refractivity (Wildman–Crippen MR) is 155 cm³/mol. The number of nitrogens with one attached hydrogen (secondary N) is 2. The largest absolute Gasteiger partial charge is 0.462 e. The molecule has 2 saturated carbocycles. The number of amides is 3. The van der Waals surface area contributed by atoms with E-state index in [9.17, 15) is 24.0 Å². The normalized spacial score (nSPS) is 29.6. The number of likely N-dealkylation sites (tertiary alicyclic amines) is 1. The van der Waals surface area contributed by atoms with Crippen LogP contribution >= 0.6 is 23.1 Å². The number of hydrogen-bond acceptors (Lipinski definition) is 9. The maximum atomic E-state index is 13.9. The lowest BCUT2D eigenvalue weighted by Crippen LogP contribution is -2.46. The standard InChI is InChI=1S/C30H28N4O6S2/c1-3-40-29(38)14-6-8-16(9-7-14)32-25(35)13(2)34-27(36)21-17-11-18(22(21)28(34)37)23-20(17)19(15-5-4-10-31-12-15)24-26(41-23)33-30(39)42-24/h4-10,12-13,17-23H,3,11H2,1-2H3,(H,32,35)(H,33,39). The van der Waals surface area contributed by atoms with Gasteiger partial charge in [0.15, 0.2) is 0 Å². The summed E-state index contributed by atoms with van der Waals surface area (Å²) in [5.74, 6) is -2.57. The lowest BCUT2D eigenvalue weighted by Gasteiger charge is -2.42. The van der Waals surface area contributed by atoms with Gasteiger partial charge in [0.2, 0.25) is 17.7 Å². The third-order valence-corrected chi connectivity index (χ3v) is 11.8. The number of anilines is 1. The first-order chi connectivity index (χ1) is 20.3. The van der Waals surface area contributed by atoms with Crippen molar-refractivity contribution in [1.82, 2.24) is 14.9 Å². The molecule has 7 rings (SSSR count). The lowest BCUT2D eigenvalue weighted by atomic mass is 9.68. The highest BCUT2D eigenvalue weighted by molar-refractivity contribution is 8.00. The Morgan fingerprint density at radius 3 is 2.55 bits per heavy atom. The minimum absolute atomic E-state index is 0.0298. The number of imide groups is 1. The maximum Gasteiger partial charge on any atom is 0.338 e. The molecule has 2 bridgehead atoms. The summed E-state index contributed by atoms with van der Waals surface area (Å²) in [6, 6.07) is 9.18. The summed E-state index contributed by atoms with van der Waals surface area (Å²) in [7, 11) is 0. The predicted octanol–water partition coefficient (Wildman–Crippen LogP) is 3.51. The summed E-state index contributed by atoms with van der Waals surface area (Å²) in [6.45, 7) is 3.56. The van der Waals surface area contributed by atoms with E-state index in [1.165, 1.54) is 11.3 Å². The zero-order valence-corrected chi connectivity index (χ0v) is 24.4. The summed E-state index contributed by atoms with van der Waals surface area (Å²) in [5.41, 5.74) is 1.81. The average Bonchev–Trinajstić information content (AvgIpc) is 3.72. The van der Waals surface area contributed by atoms with Crippen LogP contribution in [0.4, 0.5) is 5.69 Å². The monoisotopic (exact) mass is 604 g/mol. The molecule has 42 heavy (non-hydrogen) atoms. The van der Waals surface area contributed by atoms with Gasteiger partial charge < -0.3 is 15.0 Å². The van der Waals surface area contributed by atoms with E-state index in [2.05, 4.69) is 15.3 Å². The number of esters is 1. The third-order valence-electron chi connectivity index (χ3n) is 9.23. The first-order valence-electron chi connectivity index (χ1n) is 14.0. The lowest BCUT2D eigenvalue weighted by molar-refractivity contribution is -0.146. The van der Waals surface area contributed by atoms with Crippen molar-refractivity contribution in [3.05, 3.63) is 74.5 Å².